The fraction of sp³-hybridized carbons (Fsp3) is 0.474. The van der Waals surface area contributed by atoms with Gasteiger partial charge in [-0.1, -0.05) is 0 Å². The molecule has 0 aliphatic carbocycles. The molecule has 32 heavy (non-hydrogen) atoms. The van der Waals surface area contributed by atoms with Crippen molar-refractivity contribution in [3.05, 3.63) is 33.9 Å². The van der Waals surface area contributed by atoms with Crippen molar-refractivity contribution in [3.63, 3.8) is 0 Å². The predicted octanol–water partition coefficient (Wildman–Crippen LogP) is 3.83. The zero-order valence-corrected chi connectivity index (χ0v) is 18.7. The van der Waals surface area contributed by atoms with Gasteiger partial charge in [0.15, 0.2) is 9.35 Å². The minimum Gasteiger partial charge on any atom is -0.370 e. The Hall–Kier alpha value is -2.32. The summed E-state index contributed by atoms with van der Waals surface area (Å²) in [5, 5.41) is 4.11. The average molecular weight is 565 g/mol. The Bertz CT molecular complexity index is 1160. The van der Waals surface area contributed by atoms with E-state index in [0.717, 1.165) is 12.5 Å². The van der Waals surface area contributed by atoms with Crippen molar-refractivity contribution in [3.8, 4) is 0 Å². The SMILES string of the molecule is FC(F)Cn1nc(I)c2ncc(N3CCC4(CN(c5ccnc(C(F)(F)F)c5)C4)C3)nc21. The second-order valence-corrected chi connectivity index (χ2v) is 9.21. The van der Waals surface area contributed by atoms with E-state index in [-0.39, 0.29) is 5.41 Å². The van der Waals surface area contributed by atoms with Crippen molar-refractivity contribution in [1.82, 2.24) is 24.7 Å². The monoisotopic (exact) mass is 565 g/mol. The third-order valence-corrected chi connectivity index (χ3v) is 6.64. The summed E-state index contributed by atoms with van der Waals surface area (Å²) < 4.78 is 66.3. The highest BCUT2D eigenvalue weighted by Gasteiger charge is 2.48. The lowest BCUT2D eigenvalue weighted by Gasteiger charge is -2.49. The molecule has 0 unspecified atom stereocenters. The van der Waals surface area contributed by atoms with E-state index >= 15 is 0 Å². The first-order valence-electron chi connectivity index (χ1n) is 9.84. The lowest BCUT2D eigenvalue weighted by atomic mass is 9.79. The maximum atomic E-state index is 12.9. The van der Waals surface area contributed by atoms with E-state index in [9.17, 15) is 22.0 Å². The Morgan fingerprint density at radius 1 is 1.12 bits per heavy atom. The van der Waals surface area contributed by atoms with Crippen LogP contribution in [0.4, 0.5) is 33.5 Å². The van der Waals surface area contributed by atoms with E-state index in [1.165, 1.54) is 10.9 Å². The van der Waals surface area contributed by atoms with Crippen molar-refractivity contribution >= 4 is 45.3 Å². The molecule has 5 rings (SSSR count). The van der Waals surface area contributed by atoms with Crippen molar-refractivity contribution in [2.24, 2.45) is 5.41 Å². The van der Waals surface area contributed by atoms with E-state index in [2.05, 4.69) is 20.1 Å². The first kappa shape index (κ1) is 21.5. The predicted molar refractivity (Wildman–Crippen MR) is 115 cm³/mol. The van der Waals surface area contributed by atoms with E-state index in [0.29, 0.717) is 52.5 Å². The number of anilines is 2. The molecule has 3 aromatic heterocycles. The van der Waals surface area contributed by atoms with E-state index in [1.807, 2.05) is 32.4 Å². The topological polar surface area (TPSA) is 63.0 Å². The molecule has 0 N–H and O–H groups in total. The van der Waals surface area contributed by atoms with Gasteiger partial charge in [0.2, 0.25) is 0 Å². The molecule has 3 aromatic rings. The van der Waals surface area contributed by atoms with Crippen LogP contribution in [-0.2, 0) is 12.7 Å². The molecule has 5 heterocycles. The molecule has 0 radical (unpaired) electrons. The second kappa shape index (κ2) is 7.63. The van der Waals surface area contributed by atoms with Gasteiger partial charge in [-0.2, -0.15) is 18.3 Å². The van der Waals surface area contributed by atoms with Gasteiger partial charge in [-0.25, -0.2) is 23.4 Å². The van der Waals surface area contributed by atoms with Crippen LogP contribution in [0.25, 0.3) is 11.2 Å². The maximum Gasteiger partial charge on any atom is 0.433 e. The first-order chi connectivity index (χ1) is 15.1. The molecule has 0 bridgehead atoms. The molecule has 0 atom stereocenters. The van der Waals surface area contributed by atoms with Gasteiger partial charge < -0.3 is 9.80 Å². The van der Waals surface area contributed by atoms with Crippen LogP contribution in [0.2, 0.25) is 0 Å². The van der Waals surface area contributed by atoms with Gasteiger partial charge in [-0.05, 0) is 41.1 Å². The summed E-state index contributed by atoms with van der Waals surface area (Å²) in [7, 11) is 0. The van der Waals surface area contributed by atoms with Crippen LogP contribution in [0, 0.1) is 9.12 Å². The van der Waals surface area contributed by atoms with Gasteiger partial charge in [0.25, 0.3) is 6.43 Å². The third kappa shape index (κ3) is 3.83. The van der Waals surface area contributed by atoms with Gasteiger partial charge in [0.1, 0.15) is 23.6 Å². The highest BCUT2D eigenvalue weighted by atomic mass is 127. The summed E-state index contributed by atoms with van der Waals surface area (Å²) in [5.41, 5.74) is 0.345. The fourth-order valence-electron chi connectivity index (χ4n) is 4.41. The van der Waals surface area contributed by atoms with E-state index in [1.54, 1.807) is 12.3 Å². The number of pyridine rings is 1. The van der Waals surface area contributed by atoms with Crippen LogP contribution in [0.15, 0.2) is 24.5 Å². The van der Waals surface area contributed by atoms with Gasteiger partial charge in [-0.15, -0.1) is 0 Å². The maximum absolute atomic E-state index is 12.9. The summed E-state index contributed by atoms with van der Waals surface area (Å²) in [6.07, 6.45) is -3.38. The molecule has 0 aromatic carbocycles. The smallest absolute Gasteiger partial charge is 0.370 e. The van der Waals surface area contributed by atoms with Crippen LogP contribution in [0.3, 0.4) is 0 Å². The standard InChI is InChI=1S/C19H17F5IN7/c20-13(21)7-32-17-15(16(25)29-32)27-6-14(28-17)30-4-2-18(8-30)9-31(10-18)11-1-3-26-12(5-11)19(22,23)24/h1,3,5-6,13H,2,4,7-10H2. The molecule has 7 nitrogen and oxygen atoms in total. The Balaban J connectivity index is 1.31. The molecule has 13 heteroatoms. The minimum absolute atomic E-state index is 0.0596. The van der Waals surface area contributed by atoms with Crippen molar-refractivity contribution < 1.29 is 22.0 Å². The zero-order valence-electron chi connectivity index (χ0n) is 16.5. The molecule has 0 amide bonds. The molecule has 2 aliphatic rings. The summed E-state index contributed by atoms with van der Waals surface area (Å²) in [6.45, 7) is 2.07. The highest BCUT2D eigenvalue weighted by molar-refractivity contribution is 14.1. The molecular weight excluding hydrogens is 548 g/mol. The number of aromatic nitrogens is 5. The fourth-order valence-corrected chi connectivity index (χ4v) is 5.05. The van der Waals surface area contributed by atoms with Gasteiger partial charge in [-0.3, -0.25) is 4.98 Å². The highest BCUT2D eigenvalue weighted by Crippen LogP contribution is 2.43. The largest absolute Gasteiger partial charge is 0.433 e. The second-order valence-electron chi connectivity index (χ2n) is 8.19. The quantitative estimate of drug-likeness (QED) is 0.354. The van der Waals surface area contributed by atoms with E-state index in [4.69, 9.17) is 0 Å². The van der Waals surface area contributed by atoms with Gasteiger partial charge >= 0.3 is 6.18 Å². The summed E-state index contributed by atoms with van der Waals surface area (Å²) in [4.78, 5) is 16.3. The lowest BCUT2D eigenvalue weighted by Crippen LogP contribution is -2.57. The number of fused-ring (bicyclic) bond motifs is 1. The molecule has 0 saturated carbocycles. The Morgan fingerprint density at radius 3 is 2.59 bits per heavy atom. The first-order valence-corrected chi connectivity index (χ1v) is 10.9. The Labute approximate surface area is 192 Å². The number of alkyl halides is 5. The Kier molecular flexibility index (Phi) is 5.13. The van der Waals surface area contributed by atoms with Gasteiger partial charge in [0, 0.05) is 43.5 Å². The van der Waals surface area contributed by atoms with Crippen LogP contribution in [-0.4, -0.2) is 57.3 Å². The zero-order chi connectivity index (χ0) is 22.7. The minimum atomic E-state index is -4.48. The molecule has 2 saturated heterocycles. The number of hydrogen-bond donors (Lipinski definition) is 0. The third-order valence-electron chi connectivity index (χ3n) is 5.91. The molecule has 1 spiro atoms. The molecule has 2 fully saturated rings. The summed E-state index contributed by atoms with van der Waals surface area (Å²) >= 11 is 1.95. The van der Waals surface area contributed by atoms with Crippen LogP contribution < -0.4 is 9.80 Å². The molecule has 2 aliphatic heterocycles. The number of nitrogens with zero attached hydrogens (tertiary/aromatic N) is 7. The van der Waals surface area contributed by atoms with Crippen molar-refractivity contribution in [1.29, 1.82) is 0 Å². The van der Waals surface area contributed by atoms with Crippen LogP contribution >= 0.6 is 22.6 Å². The van der Waals surface area contributed by atoms with Crippen LogP contribution in [0.1, 0.15) is 12.1 Å². The average Bonchev–Trinajstić information content (AvgIpc) is 3.28. The number of rotatable bonds is 4. The van der Waals surface area contributed by atoms with Crippen molar-refractivity contribution in [2.75, 3.05) is 36.0 Å². The summed E-state index contributed by atoms with van der Waals surface area (Å²) in [5.74, 6) is 0.586. The van der Waals surface area contributed by atoms with Gasteiger partial charge in [0.05, 0.1) is 6.20 Å². The summed E-state index contributed by atoms with van der Waals surface area (Å²) in [6, 6.07) is 2.66. The normalized spacial score (nSPS) is 18.2. The van der Waals surface area contributed by atoms with E-state index < -0.39 is 24.8 Å². The van der Waals surface area contributed by atoms with Crippen LogP contribution in [0.5, 0.6) is 0 Å². The molecule has 170 valence electrons. The number of hydrogen-bond acceptors (Lipinski definition) is 6. The lowest BCUT2D eigenvalue weighted by molar-refractivity contribution is -0.141. The number of halogens is 6. The Morgan fingerprint density at radius 2 is 1.88 bits per heavy atom. The molecular formula is C19H17F5IN7. The van der Waals surface area contributed by atoms with Crippen molar-refractivity contribution in [2.45, 2.75) is 25.6 Å².